The summed E-state index contributed by atoms with van der Waals surface area (Å²) in [6.45, 7) is 6.31. The number of halogens is 2. The van der Waals surface area contributed by atoms with Gasteiger partial charge in [-0.3, -0.25) is 0 Å². The summed E-state index contributed by atoms with van der Waals surface area (Å²) in [5, 5.41) is 0. The minimum Gasteiger partial charge on any atom is -0.494 e. The van der Waals surface area contributed by atoms with E-state index in [4.69, 9.17) is 37.4 Å². The largest absolute Gasteiger partial charge is 0.494 e. The molecule has 0 atom stereocenters. The predicted octanol–water partition coefficient (Wildman–Crippen LogP) is 5.75. The Kier molecular flexibility index (Phi) is 8.89. The first kappa shape index (κ1) is 24.0. The zero-order chi connectivity index (χ0) is 22.9. The van der Waals surface area contributed by atoms with E-state index >= 15 is 0 Å². The Morgan fingerprint density at radius 1 is 0.969 bits per heavy atom. The minimum absolute atomic E-state index is 0.403. The number of nitrogens with zero attached hydrogens (tertiary/aromatic N) is 1. The second-order valence-electron chi connectivity index (χ2n) is 6.98. The number of ether oxygens (including phenoxy) is 3. The van der Waals surface area contributed by atoms with Crippen molar-refractivity contribution in [3.8, 4) is 11.5 Å². The molecule has 0 N–H and O–H groups in total. The van der Waals surface area contributed by atoms with Gasteiger partial charge in [-0.05, 0) is 61.9 Å². The number of carbonyl (C=O) groups excluding carboxylic acids is 1. The van der Waals surface area contributed by atoms with Crippen molar-refractivity contribution in [2.45, 2.75) is 13.8 Å². The molecule has 1 aliphatic rings. The smallest absolute Gasteiger partial charge is 0.343 e. The summed E-state index contributed by atoms with van der Waals surface area (Å²) in [6, 6.07) is 13.4. The van der Waals surface area contributed by atoms with Crippen molar-refractivity contribution in [2.24, 2.45) is 0 Å². The molecular weight excluding hydrogens is 449 g/mol. The van der Waals surface area contributed by atoms with E-state index in [1.807, 2.05) is 56.3 Å². The van der Waals surface area contributed by atoms with Crippen LogP contribution < -0.4 is 14.4 Å². The number of carbonyl (C=O) groups is 1. The lowest BCUT2D eigenvalue weighted by molar-refractivity contribution is -0.130. The third-order valence-electron chi connectivity index (χ3n) is 4.84. The first-order valence-electron chi connectivity index (χ1n) is 10.6. The molecule has 2 aromatic rings. The van der Waals surface area contributed by atoms with Crippen LogP contribution in [0.3, 0.4) is 0 Å². The molecule has 0 spiro atoms. The number of esters is 1. The van der Waals surface area contributed by atoms with E-state index in [-0.39, 0.29) is 0 Å². The second kappa shape index (κ2) is 11.8. The zero-order valence-corrected chi connectivity index (χ0v) is 19.8. The SMILES string of the molecule is CCOc1ccc(OCC)c(C2=C/C(=C\c3ccc(N(CCCl)CCCl)cc3)C(=O)O2)c1. The van der Waals surface area contributed by atoms with Crippen LogP contribution in [-0.2, 0) is 9.53 Å². The Labute approximate surface area is 199 Å². The molecule has 0 saturated heterocycles. The van der Waals surface area contributed by atoms with E-state index in [2.05, 4.69) is 4.90 Å². The first-order valence-corrected chi connectivity index (χ1v) is 11.7. The van der Waals surface area contributed by atoms with Crippen LogP contribution in [0.2, 0.25) is 0 Å². The van der Waals surface area contributed by atoms with E-state index in [0.717, 1.165) is 24.3 Å². The van der Waals surface area contributed by atoms with Crippen LogP contribution in [0.4, 0.5) is 5.69 Å². The van der Waals surface area contributed by atoms with Crippen LogP contribution in [0.25, 0.3) is 11.8 Å². The average molecular weight is 476 g/mol. The lowest BCUT2D eigenvalue weighted by atomic mass is 10.1. The minimum atomic E-state index is -0.403. The fourth-order valence-corrected chi connectivity index (χ4v) is 3.80. The van der Waals surface area contributed by atoms with Gasteiger partial charge in [0.2, 0.25) is 0 Å². The summed E-state index contributed by atoms with van der Waals surface area (Å²) in [5.41, 5.74) is 3.08. The van der Waals surface area contributed by atoms with Crippen LogP contribution in [0.1, 0.15) is 25.0 Å². The standard InChI is InChI=1S/C25H27Cl2NO4/c1-3-30-21-9-10-23(31-4-2)22(17-21)24-16-19(25(29)32-24)15-18-5-7-20(8-6-18)28(13-11-26)14-12-27/h5-10,15-17H,3-4,11-14H2,1-2H3/b19-15+. The number of benzene rings is 2. The normalized spacial score (nSPS) is 14.3. The molecular formula is C25H27Cl2NO4. The summed E-state index contributed by atoms with van der Waals surface area (Å²) in [7, 11) is 0. The van der Waals surface area contributed by atoms with E-state index in [1.54, 1.807) is 12.2 Å². The Bertz CT molecular complexity index is 980. The fourth-order valence-electron chi connectivity index (χ4n) is 3.40. The maximum Gasteiger partial charge on any atom is 0.343 e. The van der Waals surface area contributed by atoms with E-state index in [0.29, 0.717) is 53.4 Å². The maximum atomic E-state index is 12.5. The van der Waals surface area contributed by atoms with Gasteiger partial charge in [-0.25, -0.2) is 4.79 Å². The average Bonchev–Trinajstić information content (AvgIpc) is 3.15. The van der Waals surface area contributed by atoms with E-state index in [1.165, 1.54) is 0 Å². The van der Waals surface area contributed by atoms with Crippen molar-refractivity contribution in [2.75, 3.05) is 43.0 Å². The van der Waals surface area contributed by atoms with Crippen molar-refractivity contribution < 1.29 is 19.0 Å². The van der Waals surface area contributed by atoms with Crippen molar-refractivity contribution in [1.29, 1.82) is 0 Å². The Balaban J connectivity index is 1.87. The highest BCUT2D eigenvalue weighted by Crippen LogP contribution is 2.35. The van der Waals surface area contributed by atoms with Gasteiger partial charge in [-0.1, -0.05) is 12.1 Å². The molecule has 170 valence electrons. The molecule has 0 radical (unpaired) electrons. The maximum absolute atomic E-state index is 12.5. The fraction of sp³-hybridized carbons (Fsp3) is 0.320. The highest BCUT2D eigenvalue weighted by molar-refractivity contribution is 6.18. The summed E-state index contributed by atoms with van der Waals surface area (Å²) < 4.78 is 16.9. The molecule has 1 heterocycles. The molecule has 0 aromatic heterocycles. The molecule has 2 aromatic carbocycles. The molecule has 7 heteroatoms. The van der Waals surface area contributed by atoms with E-state index < -0.39 is 5.97 Å². The summed E-state index contributed by atoms with van der Waals surface area (Å²) in [5.74, 6) is 2.42. The van der Waals surface area contributed by atoms with Gasteiger partial charge in [0.05, 0.1) is 24.4 Å². The number of rotatable bonds is 11. The molecule has 0 bridgehead atoms. The third-order valence-corrected chi connectivity index (χ3v) is 5.18. The van der Waals surface area contributed by atoms with Crippen molar-refractivity contribution in [3.63, 3.8) is 0 Å². The van der Waals surface area contributed by atoms with Gasteiger partial charge in [-0.2, -0.15) is 0 Å². The van der Waals surface area contributed by atoms with Crippen LogP contribution in [0.5, 0.6) is 11.5 Å². The van der Waals surface area contributed by atoms with Gasteiger partial charge in [0.25, 0.3) is 0 Å². The Morgan fingerprint density at radius 2 is 1.66 bits per heavy atom. The van der Waals surface area contributed by atoms with Crippen LogP contribution in [0, 0.1) is 0 Å². The van der Waals surface area contributed by atoms with Crippen LogP contribution >= 0.6 is 23.2 Å². The van der Waals surface area contributed by atoms with Gasteiger partial charge in [-0.15, -0.1) is 23.2 Å². The highest BCUT2D eigenvalue weighted by atomic mass is 35.5. The number of alkyl halides is 2. The lowest BCUT2D eigenvalue weighted by Crippen LogP contribution is -2.27. The van der Waals surface area contributed by atoms with Gasteiger partial charge < -0.3 is 19.1 Å². The number of cyclic esters (lactones) is 1. The van der Waals surface area contributed by atoms with Gasteiger partial charge in [0, 0.05) is 30.5 Å². The number of anilines is 1. The lowest BCUT2D eigenvalue weighted by Gasteiger charge is -2.22. The molecule has 1 aliphatic heterocycles. The van der Waals surface area contributed by atoms with Gasteiger partial charge >= 0.3 is 5.97 Å². The third kappa shape index (κ3) is 5.99. The molecule has 0 unspecified atom stereocenters. The second-order valence-corrected chi connectivity index (χ2v) is 7.73. The molecule has 32 heavy (non-hydrogen) atoms. The number of hydrogen-bond donors (Lipinski definition) is 0. The summed E-state index contributed by atoms with van der Waals surface area (Å²) in [4.78, 5) is 14.7. The summed E-state index contributed by atoms with van der Waals surface area (Å²) in [6.07, 6.45) is 3.54. The molecule has 0 saturated carbocycles. The first-order chi connectivity index (χ1) is 15.6. The van der Waals surface area contributed by atoms with Crippen molar-refractivity contribution in [1.82, 2.24) is 0 Å². The molecule has 3 rings (SSSR count). The van der Waals surface area contributed by atoms with Gasteiger partial charge in [0.1, 0.15) is 17.3 Å². The molecule has 0 aliphatic carbocycles. The van der Waals surface area contributed by atoms with Crippen molar-refractivity contribution >= 4 is 46.7 Å². The highest BCUT2D eigenvalue weighted by Gasteiger charge is 2.25. The monoisotopic (exact) mass is 475 g/mol. The molecule has 0 amide bonds. The molecule has 5 nitrogen and oxygen atoms in total. The molecule has 0 fully saturated rings. The predicted molar refractivity (Wildman–Crippen MR) is 131 cm³/mol. The van der Waals surface area contributed by atoms with Crippen molar-refractivity contribution in [3.05, 3.63) is 65.2 Å². The zero-order valence-electron chi connectivity index (χ0n) is 18.3. The topological polar surface area (TPSA) is 48.0 Å². The quantitative estimate of drug-likeness (QED) is 0.235. The van der Waals surface area contributed by atoms with Gasteiger partial charge in [0.15, 0.2) is 0 Å². The van der Waals surface area contributed by atoms with Crippen LogP contribution in [-0.4, -0.2) is 44.0 Å². The Morgan fingerprint density at radius 3 is 2.28 bits per heavy atom. The summed E-state index contributed by atoms with van der Waals surface area (Å²) >= 11 is 11.8. The van der Waals surface area contributed by atoms with Crippen LogP contribution in [0.15, 0.2) is 54.1 Å². The number of hydrogen-bond acceptors (Lipinski definition) is 5. The Hall–Kier alpha value is -2.63. The van der Waals surface area contributed by atoms with E-state index in [9.17, 15) is 4.79 Å².